The van der Waals surface area contributed by atoms with E-state index >= 15 is 0 Å². The second-order valence-corrected chi connectivity index (χ2v) is 5.13. The monoisotopic (exact) mass is 226 g/mol. The molecule has 0 amide bonds. The van der Waals surface area contributed by atoms with Gasteiger partial charge < -0.3 is 15.4 Å². The predicted molar refractivity (Wildman–Crippen MR) is 66.7 cm³/mol. The Morgan fingerprint density at radius 1 is 1.12 bits per heavy atom. The summed E-state index contributed by atoms with van der Waals surface area (Å²) in [6, 6.07) is 0.701. The zero-order chi connectivity index (χ0) is 11.1. The molecule has 2 saturated heterocycles. The maximum absolute atomic E-state index is 5.61. The van der Waals surface area contributed by atoms with E-state index in [1.165, 1.54) is 51.5 Å². The van der Waals surface area contributed by atoms with E-state index in [-0.39, 0.29) is 0 Å². The molecule has 0 spiro atoms. The average molecular weight is 226 g/mol. The zero-order valence-electron chi connectivity index (χ0n) is 10.3. The summed E-state index contributed by atoms with van der Waals surface area (Å²) in [7, 11) is 0. The summed E-state index contributed by atoms with van der Waals surface area (Å²) in [6.07, 6.45) is 9.74. The lowest BCUT2D eigenvalue weighted by molar-refractivity contribution is 0.104. The van der Waals surface area contributed by atoms with Crippen molar-refractivity contribution in [2.24, 2.45) is 0 Å². The SMILES string of the molecule is C1CCNC(CNCCC2CCCO2)CC1. The van der Waals surface area contributed by atoms with Crippen LogP contribution in [0.2, 0.25) is 0 Å². The normalized spacial score (nSPS) is 31.5. The third-order valence-electron chi connectivity index (χ3n) is 3.72. The summed E-state index contributed by atoms with van der Waals surface area (Å²) in [6.45, 7) is 4.43. The van der Waals surface area contributed by atoms with Gasteiger partial charge in [-0.2, -0.15) is 0 Å². The summed E-state index contributed by atoms with van der Waals surface area (Å²) in [4.78, 5) is 0. The van der Waals surface area contributed by atoms with Gasteiger partial charge in [0.1, 0.15) is 0 Å². The molecular weight excluding hydrogens is 200 g/mol. The first-order valence-corrected chi connectivity index (χ1v) is 7.01. The Bertz CT molecular complexity index is 173. The van der Waals surface area contributed by atoms with Crippen LogP contribution in [-0.2, 0) is 4.74 Å². The van der Waals surface area contributed by atoms with Gasteiger partial charge in [-0.05, 0) is 45.2 Å². The van der Waals surface area contributed by atoms with Crippen LogP contribution in [0.25, 0.3) is 0 Å². The lowest BCUT2D eigenvalue weighted by Crippen LogP contribution is -2.38. The van der Waals surface area contributed by atoms with Gasteiger partial charge in [-0.25, -0.2) is 0 Å². The fourth-order valence-electron chi connectivity index (χ4n) is 2.69. The number of ether oxygens (including phenoxy) is 1. The molecule has 2 atom stereocenters. The van der Waals surface area contributed by atoms with Crippen LogP contribution in [-0.4, -0.2) is 38.4 Å². The Balaban J connectivity index is 1.49. The van der Waals surface area contributed by atoms with Gasteiger partial charge >= 0.3 is 0 Å². The van der Waals surface area contributed by atoms with E-state index in [2.05, 4.69) is 10.6 Å². The molecule has 0 radical (unpaired) electrons. The minimum atomic E-state index is 0.537. The van der Waals surface area contributed by atoms with Crippen molar-refractivity contribution in [3.8, 4) is 0 Å². The highest BCUT2D eigenvalue weighted by molar-refractivity contribution is 4.73. The molecule has 3 nitrogen and oxygen atoms in total. The molecule has 2 aliphatic heterocycles. The highest BCUT2D eigenvalue weighted by Crippen LogP contribution is 2.14. The number of rotatable bonds is 5. The first-order valence-electron chi connectivity index (χ1n) is 7.01. The summed E-state index contributed by atoms with van der Waals surface area (Å²) in [5.74, 6) is 0. The molecule has 0 aromatic rings. The van der Waals surface area contributed by atoms with Gasteiger partial charge in [-0.1, -0.05) is 12.8 Å². The van der Waals surface area contributed by atoms with E-state index < -0.39 is 0 Å². The molecule has 0 aliphatic carbocycles. The van der Waals surface area contributed by atoms with Crippen LogP contribution < -0.4 is 10.6 Å². The maximum Gasteiger partial charge on any atom is 0.0588 e. The molecule has 2 aliphatic rings. The van der Waals surface area contributed by atoms with E-state index in [0.29, 0.717) is 12.1 Å². The van der Waals surface area contributed by atoms with Crippen LogP contribution in [0, 0.1) is 0 Å². The Kier molecular flexibility index (Phi) is 5.59. The van der Waals surface area contributed by atoms with Crippen LogP contribution in [0.15, 0.2) is 0 Å². The summed E-state index contributed by atoms with van der Waals surface area (Å²) >= 11 is 0. The van der Waals surface area contributed by atoms with Gasteiger partial charge in [0.2, 0.25) is 0 Å². The molecule has 0 saturated carbocycles. The van der Waals surface area contributed by atoms with Crippen molar-refractivity contribution in [3.05, 3.63) is 0 Å². The fourth-order valence-corrected chi connectivity index (χ4v) is 2.69. The van der Waals surface area contributed by atoms with Gasteiger partial charge in [-0.15, -0.1) is 0 Å². The summed E-state index contributed by atoms with van der Waals surface area (Å²) in [5.41, 5.74) is 0. The Morgan fingerprint density at radius 2 is 2.12 bits per heavy atom. The molecule has 2 rings (SSSR count). The molecule has 16 heavy (non-hydrogen) atoms. The van der Waals surface area contributed by atoms with Crippen molar-refractivity contribution < 1.29 is 4.74 Å². The molecule has 0 aromatic heterocycles. The first kappa shape index (κ1) is 12.3. The van der Waals surface area contributed by atoms with Crippen LogP contribution in [0.1, 0.15) is 44.9 Å². The minimum Gasteiger partial charge on any atom is -0.378 e. The first-order chi connectivity index (χ1) is 7.95. The standard InChI is InChI=1S/C13H26N2O/c1-2-5-12(15-8-3-1)11-14-9-7-13-6-4-10-16-13/h12-15H,1-11H2. The topological polar surface area (TPSA) is 33.3 Å². The molecule has 3 heteroatoms. The molecule has 2 fully saturated rings. The van der Waals surface area contributed by atoms with Crippen LogP contribution in [0.3, 0.4) is 0 Å². The minimum absolute atomic E-state index is 0.537. The zero-order valence-corrected chi connectivity index (χ0v) is 10.3. The van der Waals surface area contributed by atoms with Crippen LogP contribution in [0.4, 0.5) is 0 Å². The highest BCUT2D eigenvalue weighted by atomic mass is 16.5. The predicted octanol–water partition coefficient (Wildman–Crippen LogP) is 1.68. The second kappa shape index (κ2) is 7.25. The van der Waals surface area contributed by atoms with Crippen molar-refractivity contribution in [1.82, 2.24) is 10.6 Å². The van der Waals surface area contributed by atoms with Crippen molar-refractivity contribution in [2.45, 2.75) is 57.1 Å². The molecular formula is C13H26N2O. The summed E-state index contributed by atoms with van der Waals surface area (Å²) < 4.78 is 5.61. The summed E-state index contributed by atoms with van der Waals surface area (Å²) in [5, 5.41) is 7.18. The smallest absolute Gasteiger partial charge is 0.0588 e. The molecule has 0 bridgehead atoms. The van der Waals surface area contributed by atoms with E-state index in [1.54, 1.807) is 0 Å². The molecule has 2 heterocycles. The van der Waals surface area contributed by atoms with Gasteiger partial charge in [0.25, 0.3) is 0 Å². The van der Waals surface area contributed by atoms with Crippen molar-refractivity contribution >= 4 is 0 Å². The molecule has 94 valence electrons. The quantitative estimate of drug-likeness (QED) is 0.700. The van der Waals surface area contributed by atoms with E-state index in [9.17, 15) is 0 Å². The molecule has 2 N–H and O–H groups in total. The lowest BCUT2D eigenvalue weighted by atomic mass is 10.1. The molecule has 0 aromatic carbocycles. The number of nitrogens with one attached hydrogen (secondary N) is 2. The average Bonchev–Trinajstić information content (AvgIpc) is 2.68. The van der Waals surface area contributed by atoms with Crippen molar-refractivity contribution in [2.75, 3.05) is 26.2 Å². The van der Waals surface area contributed by atoms with Gasteiger partial charge in [0, 0.05) is 19.2 Å². The van der Waals surface area contributed by atoms with Gasteiger partial charge in [0.15, 0.2) is 0 Å². The van der Waals surface area contributed by atoms with Gasteiger partial charge in [0.05, 0.1) is 6.10 Å². The van der Waals surface area contributed by atoms with Crippen molar-refractivity contribution in [1.29, 1.82) is 0 Å². The molecule has 2 unspecified atom stereocenters. The second-order valence-electron chi connectivity index (χ2n) is 5.13. The number of hydrogen-bond acceptors (Lipinski definition) is 3. The van der Waals surface area contributed by atoms with Gasteiger partial charge in [-0.3, -0.25) is 0 Å². The maximum atomic E-state index is 5.61. The fraction of sp³-hybridized carbons (Fsp3) is 1.00. The van der Waals surface area contributed by atoms with Crippen molar-refractivity contribution in [3.63, 3.8) is 0 Å². The van der Waals surface area contributed by atoms with E-state index in [1.807, 2.05) is 0 Å². The third-order valence-corrected chi connectivity index (χ3v) is 3.72. The Labute approximate surface area is 99.3 Å². The van der Waals surface area contributed by atoms with Crippen LogP contribution >= 0.6 is 0 Å². The Morgan fingerprint density at radius 3 is 3.00 bits per heavy atom. The largest absolute Gasteiger partial charge is 0.378 e. The highest BCUT2D eigenvalue weighted by Gasteiger charge is 2.15. The number of hydrogen-bond donors (Lipinski definition) is 2. The van der Waals surface area contributed by atoms with E-state index in [0.717, 1.165) is 19.7 Å². The van der Waals surface area contributed by atoms with E-state index in [4.69, 9.17) is 4.74 Å². The Hall–Kier alpha value is -0.120. The lowest BCUT2D eigenvalue weighted by Gasteiger charge is -2.17. The third kappa shape index (κ3) is 4.40. The van der Waals surface area contributed by atoms with Crippen LogP contribution in [0.5, 0.6) is 0 Å².